The molecule has 0 saturated heterocycles. The van der Waals surface area contributed by atoms with Crippen LogP contribution in [-0.4, -0.2) is 44.1 Å². The predicted octanol–water partition coefficient (Wildman–Crippen LogP) is 4.36. The van der Waals surface area contributed by atoms with Crippen LogP contribution in [0.15, 0.2) is 41.4 Å². The average Bonchev–Trinajstić information content (AvgIpc) is 2.66. The summed E-state index contributed by atoms with van der Waals surface area (Å²) in [5.41, 5.74) is 2.87. The number of methoxy groups -OCH3 is 1. The number of carboxylic acid groups (broad SMARTS) is 1. The van der Waals surface area contributed by atoms with Gasteiger partial charge in [-0.25, -0.2) is 4.79 Å². The van der Waals surface area contributed by atoms with Crippen molar-refractivity contribution in [3.05, 3.63) is 45.5 Å². The second-order valence-electron chi connectivity index (χ2n) is 5.66. The minimum Gasteiger partial charge on any atom is -0.493 e. The number of ether oxygens (including phenoxy) is 2. The molecule has 0 fully saturated rings. The van der Waals surface area contributed by atoms with Crippen LogP contribution in [-0.2, 0) is 4.79 Å². The first-order chi connectivity index (χ1) is 13.0. The number of hydrogen-bond donors (Lipinski definition) is 1. The lowest BCUT2D eigenvalue weighted by molar-refractivity contribution is -0.139. The normalized spacial score (nSPS) is 10.8. The number of nitrogens with zero attached hydrogens (tertiary/aromatic N) is 2. The molecule has 0 spiro atoms. The fraction of sp³-hybridized carbons (Fsp3) is 0.300. The van der Waals surface area contributed by atoms with Crippen molar-refractivity contribution in [2.45, 2.75) is 13.8 Å². The summed E-state index contributed by atoms with van der Waals surface area (Å²) in [5, 5.41) is 8.79. The van der Waals surface area contributed by atoms with Crippen LogP contribution in [0.25, 0.3) is 0 Å². The number of aliphatic imine (C=N–C) groups is 1. The first-order valence-corrected chi connectivity index (χ1v) is 9.67. The maximum absolute atomic E-state index is 10.7. The molecule has 0 radical (unpaired) electrons. The molecule has 2 rings (SSSR count). The summed E-state index contributed by atoms with van der Waals surface area (Å²) in [7, 11) is 1.52. The van der Waals surface area contributed by atoms with Gasteiger partial charge < -0.3 is 19.5 Å². The number of halogens is 1. The zero-order chi connectivity index (χ0) is 19.8. The number of benzene rings is 2. The van der Waals surface area contributed by atoms with Gasteiger partial charge in [-0.05, 0) is 78.4 Å². The van der Waals surface area contributed by atoms with Gasteiger partial charge in [0.1, 0.15) is 0 Å². The van der Waals surface area contributed by atoms with Crippen LogP contribution in [0.2, 0.25) is 0 Å². The van der Waals surface area contributed by atoms with Crippen molar-refractivity contribution in [3.63, 3.8) is 0 Å². The quantitative estimate of drug-likeness (QED) is 0.425. The molecule has 0 amide bonds. The van der Waals surface area contributed by atoms with E-state index in [4.69, 9.17) is 14.6 Å². The summed E-state index contributed by atoms with van der Waals surface area (Å²) < 4.78 is 11.4. The third-order valence-corrected chi connectivity index (χ3v) is 4.73. The highest BCUT2D eigenvalue weighted by Crippen LogP contribution is 2.33. The summed E-state index contributed by atoms with van der Waals surface area (Å²) in [6.45, 7) is 5.78. The maximum atomic E-state index is 10.7. The molecule has 0 aliphatic heterocycles. The summed E-state index contributed by atoms with van der Waals surface area (Å²) in [6.07, 6.45) is 1.75. The van der Waals surface area contributed by atoms with Gasteiger partial charge in [-0.15, -0.1) is 0 Å². The largest absolute Gasteiger partial charge is 0.493 e. The molecule has 0 atom stereocenters. The lowest BCUT2D eigenvalue weighted by Crippen LogP contribution is -2.21. The van der Waals surface area contributed by atoms with Crippen molar-refractivity contribution in [2.24, 2.45) is 4.99 Å². The molecule has 7 heteroatoms. The van der Waals surface area contributed by atoms with Gasteiger partial charge in [0.2, 0.25) is 0 Å². The molecule has 0 saturated carbocycles. The van der Waals surface area contributed by atoms with Gasteiger partial charge in [-0.2, -0.15) is 0 Å². The van der Waals surface area contributed by atoms with E-state index in [2.05, 4.69) is 58.5 Å². The van der Waals surface area contributed by atoms with Crippen molar-refractivity contribution < 1.29 is 19.4 Å². The van der Waals surface area contributed by atoms with E-state index < -0.39 is 12.6 Å². The van der Waals surface area contributed by atoms with Gasteiger partial charge in [0.05, 0.1) is 16.4 Å². The van der Waals surface area contributed by atoms with Gasteiger partial charge in [0, 0.05) is 25.0 Å². The Hall–Kier alpha value is -2.29. The van der Waals surface area contributed by atoms with Gasteiger partial charge in [0.25, 0.3) is 0 Å². The zero-order valence-corrected chi connectivity index (χ0v) is 17.8. The SMILES string of the molecule is CCN(CC)c1ccc(N=Cc2cc(I)c(OCC(=O)O)c(OC)c2)cc1. The monoisotopic (exact) mass is 482 g/mol. The molecule has 2 aromatic carbocycles. The molecule has 2 aromatic rings. The van der Waals surface area contributed by atoms with E-state index in [1.807, 2.05) is 18.2 Å². The van der Waals surface area contributed by atoms with Crippen LogP contribution >= 0.6 is 22.6 Å². The third kappa shape index (κ3) is 5.85. The zero-order valence-electron chi connectivity index (χ0n) is 15.6. The van der Waals surface area contributed by atoms with Gasteiger partial charge >= 0.3 is 5.97 Å². The Kier molecular flexibility index (Phi) is 7.90. The molecule has 0 bridgehead atoms. The van der Waals surface area contributed by atoms with Crippen molar-refractivity contribution in [1.29, 1.82) is 0 Å². The Morgan fingerprint density at radius 3 is 2.44 bits per heavy atom. The number of anilines is 1. The number of carboxylic acids is 1. The molecule has 1 N–H and O–H groups in total. The second kappa shape index (κ2) is 10.1. The highest BCUT2D eigenvalue weighted by molar-refractivity contribution is 14.1. The molecular weight excluding hydrogens is 459 g/mol. The number of hydrogen-bond acceptors (Lipinski definition) is 5. The average molecular weight is 482 g/mol. The van der Waals surface area contributed by atoms with E-state index in [9.17, 15) is 4.79 Å². The molecular formula is C20H23IN2O4. The Morgan fingerprint density at radius 1 is 1.22 bits per heavy atom. The van der Waals surface area contributed by atoms with E-state index in [0.717, 1.165) is 27.9 Å². The summed E-state index contributed by atoms with van der Waals surface area (Å²) in [4.78, 5) is 17.5. The lowest BCUT2D eigenvalue weighted by Gasteiger charge is -2.20. The molecule has 0 aliphatic rings. The third-order valence-electron chi connectivity index (χ3n) is 3.93. The minimum absolute atomic E-state index is 0.418. The second-order valence-corrected chi connectivity index (χ2v) is 6.83. The van der Waals surface area contributed by atoms with Gasteiger partial charge in [-0.1, -0.05) is 0 Å². The smallest absolute Gasteiger partial charge is 0.341 e. The van der Waals surface area contributed by atoms with E-state index in [-0.39, 0.29) is 0 Å². The maximum Gasteiger partial charge on any atom is 0.341 e. The van der Waals surface area contributed by atoms with Gasteiger partial charge in [0.15, 0.2) is 18.1 Å². The Labute approximate surface area is 173 Å². The molecule has 0 aliphatic carbocycles. The standard InChI is InChI=1S/C20H23IN2O4/c1-4-23(5-2)16-8-6-15(7-9-16)22-12-14-10-17(21)20(18(11-14)26-3)27-13-19(24)25/h6-12H,4-5,13H2,1-3H3,(H,24,25). The number of carbonyl (C=O) groups is 1. The van der Waals surface area contributed by atoms with Crippen molar-refractivity contribution in [2.75, 3.05) is 31.7 Å². The van der Waals surface area contributed by atoms with Crippen LogP contribution in [0.3, 0.4) is 0 Å². The highest BCUT2D eigenvalue weighted by atomic mass is 127. The number of aliphatic carboxylic acids is 1. The van der Waals surface area contributed by atoms with E-state index >= 15 is 0 Å². The molecule has 27 heavy (non-hydrogen) atoms. The Morgan fingerprint density at radius 2 is 1.89 bits per heavy atom. The van der Waals surface area contributed by atoms with Crippen LogP contribution < -0.4 is 14.4 Å². The van der Waals surface area contributed by atoms with Crippen molar-refractivity contribution >= 4 is 46.1 Å². The molecule has 6 nitrogen and oxygen atoms in total. The Bertz CT molecular complexity index is 802. The Balaban J connectivity index is 2.19. The van der Waals surface area contributed by atoms with Crippen LogP contribution in [0.1, 0.15) is 19.4 Å². The molecule has 0 aromatic heterocycles. The topological polar surface area (TPSA) is 71.4 Å². The van der Waals surface area contributed by atoms with Crippen LogP contribution in [0.5, 0.6) is 11.5 Å². The van der Waals surface area contributed by atoms with E-state index in [1.165, 1.54) is 12.8 Å². The summed E-state index contributed by atoms with van der Waals surface area (Å²) in [5.74, 6) is -0.144. The summed E-state index contributed by atoms with van der Waals surface area (Å²) >= 11 is 2.09. The predicted molar refractivity (Wildman–Crippen MR) is 116 cm³/mol. The minimum atomic E-state index is -1.04. The van der Waals surface area contributed by atoms with Crippen LogP contribution in [0, 0.1) is 3.57 Å². The highest BCUT2D eigenvalue weighted by Gasteiger charge is 2.12. The summed E-state index contributed by atoms with van der Waals surface area (Å²) in [6, 6.07) is 11.7. The molecule has 144 valence electrons. The van der Waals surface area contributed by atoms with Crippen molar-refractivity contribution in [3.8, 4) is 11.5 Å². The van der Waals surface area contributed by atoms with E-state index in [0.29, 0.717) is 11.5 Å². The first kappa shape index (κ1) is 21.0. The first-order valence-electron chi connectivity index (χ1n) is 8.59. The molecule has 0 unspecified atom stereocenters. The van der Waals surface area contributed by atoms with Crippen LogP contribution in [0.4, 0.5) is 11.4 Å². The lowest BCUT2D eigenvalue weighted by atomic mass is 10.2. The van der Waals surface area contributed by atoms with E-state index in [1.54, 1.807) is 12.3 Å². The fourth-order valence-corrected chi connectivity index (χ4v) is 3.36. The van der Waals surface area contributed by atoms with Gasteiger partial charge in [-0.3, -0.25) is 4.99 Å². The number of rotatable bonds is 9. The fourth-order valence-electron chi connectivity index (χ4n) is 2.58. The van der Waals surface area contributed by atoms with Crippen molar-refractivity contribution in [1.82, 2.24) is 0 Å². The molecule has 0 heterocycles.